The molecule has 8 aromatic rings. The summed E-state index contributed by atoms with van der Waals surface area (Å²) in [5, 5.41) is 21.7. The molecule has 0 atom stereocenters. The maximum absolute atomic E-state index is 9.66. The predicted molar refractivity (Wildman–Crippen MR) is 196 cm³/mol. The van der Waals surface area contributed by atoms with Crippen LogP contribution in [0.3, 0.4) is 0 Å². The largest absolute Gasteiger partial charge is 0.192 e. The molecule has 1 spiro atoms. The molecule has 2 aliphatic rings. The Balaban J connectivity index is 1.30. The third-order valence-electron chi connectivity index (χ3n) is 10.3. The Hall–Kier alpha value is -6.26. The summed E-state index contributed by atoms with van der Waals surface area (Å²) in [4.78, 5) is 0. The number of fused-ring (bicyclic) bond motifs is 14. The van der Waals surface area contributed by atoms with Crippen molar-refractivity contribution in [2.45, 2.75) is 5.41 Å². The molecule has 3 heteroatoms. The molecule has 0 radical (unpaired) electrons. The highest BCUT2D eigenvalue weighted by molar-refractivity contribution is 7.26. The third kappa shape index (κ3) is 3.49. The second-order valence-corrected chi connectivity index (χ2v) is 13.7. The van der Waals surface area contributed by atoms with Crippen molar-refractivity contribution in [3.63, 3.8) is 0 Å². The zero-order valence-electron chi connectivity index (χ0n) is 25.7. The van der Waals surface area contributed by atoms with E-state index in [1.54, 1.807) is 0 Å². The lowest BCUT2D eigenvalue weighted by atomic mass is 9.70. The number of thiophene rings is 1. The first kappa shape index (κ1) is 26.9. The molecular weight excluding hydrogens is 601 g/mol. The summed E-state index contributed by atoms with van der Waals surface area (Å²) in [6.07, 6.45) is 0. The van der Waals surface area contributed by atoms with Gasteiger partial charge in [0.2, 0.25) is 0 Å². The average molecular weight is 625 g/mol. The monoisotopic (exact) mass is 624 g/mol. The molecule has 48 heavy (non-hydrogen) atoms. The van der Waals surface area contributed by atoms with E-state index in [0.717, 1.165) is 22.3 Å². The van der Waals surface area contributed by atoms with E-state index in [1.165, 1.54) is 64.7 Å². The Bertz CT molecular complexity index is 2720. The van der Waals surface area contributed by atoms with Gasteiger partial charge in [-0.2, -0.15) is 10.5 Å². The summed E-state index contributed by atoms with van der Waals surface area (Å²) in [5.41, 5.74) is 15.6. The number of benzene rings is 7. The summed E-state index contributed by atoms with van der Waals surface area (Å²) in [6, 6.07) is 56.5. The first-order valence-corrected chi connectivity index (χ1v) is 16.9. The fourth-order valence-electron chi connectivity index (χ4n) is 8.35. The maximum atomic E-state index is 9.66. The fraction of sp³-hybridized carbons (Fsp3) is 0.0222. The first-order chi connectivity index (χ1) is 23.7. The number of nitriles is 2. The zero-order chi connectivity index (χ0) is 32.0. The van der Waals surface area contributed by atoms with E-state index in [9.17, 15) is 10.5 Å². The van der Waals surface area contributed by atoms with Crippen molar-refractivity contribution in [2.24, 2.45) is 0 Å². The molecule has 10 rings (SSSR count). The van der Waals surface area contributed by atoms with Crippen molar-refractivity contribution < 1.29 is 0 Å². The van der Waals surface area contributed by atoms with Crippen LogP contribution in [0.4, 0.5) is 0 Å². The molecule has 0 saturated carbocycles. The van der Waals surface area contributed by atoms with Crippen LogP contribution in [0.25, 0.3) is 64.7 Å². The topological polar surface area (TPSA) is 47.6 Å². The molecule has 0 amide bonds. The molecule has 2 nitrogen and oxygen atoms in total. The van der Waals surface area contributed by atoms with Crippen LogP contribution in [-0.2, 0) is 5.41 Å². The van der Waals surface area contributed by atoms with Gasteiger partial charge >= 0.3 is 0 Å². The standard InChI is InChI=1S/C45H24N2S/c46-25-27-7-5-9-29(21-27)31-15-18-40-37(24-31)43-41(45(40)38-13-3-1-11-33(38)34-12-2-4-14-39(34)45)19-17-35-36-23-32(16-20-42(36)48-44(35)43)30-10-6-8-28(22-30)26-47/h1-24H. The van der Waals surface area contributed by atoms with E-state index in [2.05, 4.69) is 121 Å². The molecular formula is C45H24N2S. The highest BCUT2D eigenvalue weighted by Crippen LogP contribution is 2.64. The van der Waals surface area contributed by atoms with Gasteiger partial charge in [-0.15, -0.1) is 11.3 Å². The fourth-order valence-corrected chi connectivity index (χ4v) is 9.60. The van der Waals surface area contributed by atoms with Crippen molar-refractivity contribution in [2.75, 3.05) is 0 Å². The minimum absolute atomic E-state index is 0.432. The lowest BCUT2D eigenvalue weighted by Gasteiger charge is -2.30. The van der Waals surface area contributed by atoms with E-state index in [0.29, 0.717) is 11.1 Å². The number of nitrogens with zero attached hydrogens (tertiary/aromatic N) is 2. The van der Waals surface area contributed by atoms with Crippen LogP contribution in [0.5, 0.6) is 0 Å². The Morgan fingerprint density at radius 1 is 0.438 bits per heavy atom. The lowest BCUT2D eigenvalue weighted by molar-refractivity contribution is 0.794. The van der Waals surface area contributed by atoms with Crippen LogP contribution in [0.2, 0.25) is 0 Å². The van der Waals surface area contributed by atoms with Crippen molar-refractivity contribution in [1.29, 1.82) is 10.5 Å². The zero-order valence-corrected chi connectivity index (χ0v) is 26.5. The van der Waals surface area contributed by atoms with Crippen LogP contribution in [0, 0.1) is 22.7 Å². The van der Waals surface area contributed by atoms with Crippen molar-refractivity contribution in [3.05, 3.63) is 179 Å². The van der Waals surface area contributed by atoms with Gasteiger partial charge in [0.05, 0.1) is 28.7 Å². The van der Waals surface area contributed by atoms with Crippen LogP contribution < -0.4 is 0 Å². The molecule has 0 aliphatic heterocycles. The Kier molecular flexibility index (Phi) is 5.53. The van der Waals surface area contributed by atoms with E-state index in [1.807, 2.05) is 47.7 Å². The molecule has 1 heterocycles. The van der Waals surface area contributed by atoms with Crippen LogP contribution >= 0.6 is 11.3 Å². The minimum atomic E-state index is -0.432. The van der Waals surface area contributed by atoms with Crippen LogP contribution in [0.1, 0.15) is 33.4 Å². The van der Waals surface area contributed by atoms with E-state index in [4.69, 9.17) is 0 Å². The Morgan fingerprint density at radius 2 is 1.00 bits per heavy atom. The summed E-state index contributed by atoms with van der Waals surface area (Å²) in [5.74, 6) is 0. The maximum Gasteiger partial charge on any atom is 0.0991 e. The van der Waals surface area contributed by atoms with Gasteiger partial charge in [-0.1, -0.05) is 103 Å². The first-order valence-electron chi connectivity index (χ1n) is 16.0. The van der Waals surface area contributed by atoms with E-state index < -0.39 is 5.41 Å². The molecule has 0 fully saturated rings. The predicted octanol–water partition coefficient (Wildman–Crippen LogP) is 11.5. The highest BCUT2D eigenvalue weighted by Gasteiger charge is 2.52. The Morgan fingerprint density at radius 3 is 1.67 bits per heavy atom. The quantitative estimate of drug-likeness (QED) is 0.192. The molecule has 1 aromatic heterocycles. The normalized spacial score (nSPS) is 13.1. The molecule has 2 aliphatic carbocycles. The van der Waals surface area contributed by atoms with E-state index in [-0.39, 0.29) is 0 Å². The van der Waals surface area contributed by atoms with Crippen LogP contribution in [-0.4, -0.2) is 0 Å². The summed E-state index contributed by atoms with van der Waals surface area (Å²) in [6.45, 7) is 0. The molecule has 7 aromatic carbocycles. The second kappa shape index (κ2) is 9.87. The lowest BCUT2D eigenvalue weighted by Crippen LogP contribution is -2.25. The molecule has 0 N–H and O–H groups in total. The SMILES string of the molecule is N#Cc1cccc(-c2ccc3c(c2)-c2c(ccc4c2sc2ccc(-c5cccc(C#N)c5)cc24)C32c3ccccc3-c3ccccc32)c1. The second-order valence-electron chi connectivity index (χ2n) is 12.7. The minimum Gasteiger partial charge on any atom is -0.192 e. The number of hydrogen-bond donors (Lipinski definition) is 0. The van der Waals surface area contributed by atoms with Crippen LogP contribution in [0.15, 0.2) is 146 Å². The summed E-state index contributed by atoms with van der Waals surface area (Å²) >= 11 is 1.86. The average Bonchev–Trinajstić information content (AvgIpc) is 3.78. The third-order valence-corrected chi connectivity index (χ3v) is 11.5. The van der Waals surface area contributed by atoms with Crippen molar-refractivity contribution in [3.8, 4) is 56.6 Å². The van der Waals surface area contributed by atoms with Gasteiger partial charge in [0.25, 0.3) is 0 Å². The molecule has 0 bridgehead atoms. The van der Waals surface area contributed by atoms with Gasteiger partial charge < -0.3 is 0 Å². The van der Waals surface area contributed by atoms with Gasteiger partial charge in [-0.05, 0) is 104 Å². The Labute approximate surface area is 282 Å². The summed E-state index contributed by atoms with van der Waals surface area (Å²) < 4.78 is 2.53. The van der Waals surface area contributed by atoms with Gasteiger partial charge in [-0.25, -0.2) is 0 Å². The molecule has 220 valence electrons. The van der Waals surface area contributed by atoms with Crippen molar-refractivity contribution >= 4 is 31.5 Å². The van der Waals surface area contributed by atoms with Gasteiger partial charge in [0, 0.05) is 25.7 Å². The molecule has 0 unspecified atom stereocenters. The van der Waals surface area contributed by atoms with Gasteiger partial charge in [0.1, 0.15) is 0 Å². The molecule has 0 saturated heterocycles. The highest BCUT2D eigenvalue weighted by atomic mass is 32.1. The van der Waals surface area contributed by atoms with Crippen molar-refractivity contribution in [1.82, 2.24) is 0 Å². The van der Waals surface area contributed by atoms with E-state index >= 15 is 0 Å². The van der Waals surface area contributed by atoms with Gasteiger partial charge in [-0.3, -0.25) is 0 Å². The number of hydrogen-bond acceptors (Lipinski definition) is 3. The smallest absolute Gasteiger partial charge is 0.0991 e. The van der Waals surface area contributed by atoms with Gasteiger partial charge in [0.15, 0.2) is 0 Å². The number of rotatable bonds is 2. The summed E-state index contributed by atoms with van der Waals surface area (Å²) in [7, 11) is 0.